The molecule has 2 aliphatic rings. The lowest BCUT2D eigenvalue weighted by molar-refractivity contribution is 0.144. The van der Waals surface area contributed by atoms with Crippen molar-refractivity contribution in [3.05, 3.63) is 34.1 Å². The normalized spacial score (nSPS) is 23.0. The molecule has 0 radical (unpaired) electrons. The number of H-pyrrole nitrogens is 1. The molecule has 0 aliphatic carbocycles. The smallest absolute Gasteiger partial charge is 0.218 e. The Morgan fingerprint density at radius 1 is 1.17 bits per heavy atom. The van der Waals surface area contributed by atoms with E-state index in [0.717, 1.165) is 5.56 Å². The van der Waals surface area contributed by atoms with Crippen LogP contribution in [0.15, 0.2) is 24.3 Å². The molecule has 2 aliphatic heterocycles. The summed E-state index contributed by atoms with van der Waals surface area (Å²) in [5, 5.41) is 2.99. The van der Waals surface area contributed by atoms with Crippen LogP contribution in [-0.4, -0.2) is 83.7 Å². The minimum absolute atomic E-state index is 0.0507. The van der Waals surface area contributed by atoms with Crippen molar-refractivity contribution in [3.63, 3.8) is 0 Å². The van der Waals surface area contributed by atoms with Crippen molar-refractivity contribution < 1.29 is 16.8 Å². The van der Waals surface area contributed by atoms with E-state index in [1.807, 2.05) is 12.1 Å². The number of sulfonamides is 1. The lowest BCUT2D eigenvalue weighted by Gasteiger charge is -2.35. The Kier molecular flexibility index (Phi) is 6.08. The summed E-state index contributed by atoms with van der Waals surface area (Å²) in [6.07, 6.45) is 0.182. The van der Waals surface area contributed by atoms with Gasteiger partial charge in [0.15, 0.2) is 15.7 Å². The van der Waals surface area contributed by atoms with Crippen LogP contribution in [0, 0.1) is 4.77 Å². The second kappa shape index (κ2) is 8.32. The maximum absolute atomic E-state index is 12.8. The highest BCUT2D eigenvalue weighted by molar-refractivity contribution is 7.95. The van der Waals surface area contributed by atoms with Crippen molar-refractivity contribution in [2.24, 2.45) is 0 Å². The summed E-state index contributed by atoms with van der Waals surface area (Å²) in [5.41, 5.74) is 0.867. The van der Waals surface area contributed by atoms with E-state index in [1.54, 1.807) is 16.8 Å². The molecule has 13 heteroatoms. The number of aromatic amines is 1. The van der Waals surface area contributed by atoms with Crippen LogP contribution in [0.4, 0.5) is 0 Å². The zero-order chi connectivity index (χ0) is 21.5. The fourth-order valence-corrected chi connectivity index (χ4v) is 8.55. The molecule has 1 aromatic carbocycles. The summed E-state index contributed by atoms with van der Waals surface area (Å²) >= 11 is 11.3. The van der Waals surface area contributed by atoms with Gasteiger partial charge in [-0.2, -0.15) is 9.29 Å². The van der Waals surface area contributed by atoms with E-state index in [-0.39, 0.29) is 17.9 Å². The van der Waals surface area contributed by atoms with Crippen LogP contribution < -0.4 is 0 Å². The van der Waals surface area contributed by atoms with Gasteiger partial charge in [0.25, 0.3) is 0 Å². The predicted octanol–water partition coefficient (Wildman–Crippen LogP) is 1.35. The third kappa shape index (κ3) is 4.63. The molecule has 2 aromatic rings. The second-order valence-corrected chi connectivity index (χ2v) is 12.8. The number of sulfone groups is 1. The number of piperazine rings is 1. The molecule has 0 saturated carbocycles. The molecule has 1 N–H and O–H groups in total. The summed E-state index contributed by atoms with van der Waals surface area (Å²) in [4.78, 5) is 6.47. The van der Waals surface area contributed by atoms with Gasteiger partial charge in [0, 0.05) is 36.8 Å². The van der Waals surface area contributed by atoms with Crippen molar-refractivity contribution >= 4 is 43.7 Å². The maximum Gasteiger partial charge on any atom is 0.218 e. The molecule has 1 aromatic heterocycles. The second-order valence-electron chi connectivity index (χ2n) is 7.52. The fraction of sp³-hybridized carbons (Fsp3) is 0.529. The van der Waals surface area contributed by atoms with Gasteiger partial charge in [-0.05, 0) is 42.9 Å². The van der Waals surface area contributed by atoms with Crippen molar-refractivity contribution in [2.75, 3.05) is 37.7 Å². The van der Waals surface area contributed by atoms with Gasteiger partial charge in [-0.25, -0.2) is 21.5 Å². The van der Waals surface area contributed by atoms with Crippen LogP contribution in [0.5, 0.6) is 0 Å². The van der Waals surface area contributed by atoms with Crippen molar-refractivity contribution in [2.45, 2.75) is 18.3 Å². The molecule has 3 heterocycles. The van der Waals surface area contributed by atoms with Gasteiger partial charge >= 0.3 is 0 Å². The van der Waals surface area contributed by atoms with Crippen LogP contribution >= 0.6 is 23.8 Å². The standard InChI is InChI=1S/C17H22ClN5O4S3/c18-14-3-1-13(2-4-14)16-19-17(28)23(20-16)12-21-6-8-22(9-7-21)30(26,27)15-5-10-29(24,25)11-15/h1-4,15H,5-12H2,(H,19,20,28). The lowest BCUT2D eigenvalue weighted by atomic mass is 10.2. The zero-order valence-corrected chi connectivity index (χ0v) is 19.3. The molecule has 30 heavy (non-hydrogen) atoms. The summed E-state index contributed by atoms with van der Waals surface area (Å²) < 4.78 is 52.4. The third-order valence-corrected chi connectivity index (χ3v) is 10.3. The Morgan fingerprint density at radius 3 is 2.43 bits per heavy atom. The van der Waals surface area contributed by atoms with Gasteiger partial charge in [-0.1, -0.05) is 11.6 Å². The quantitative estimate of drug-likeness (QED) is 0.629. The fourth-order valence-electron chi connectivity index (χ4n) is 3.72. The zero-order valence-electron chi connectivity index (χ0n) is 16.1. The molecule has 1 unspecified atom stereocenters. The highest BCUT2D eigenvalue weighted by Gasteiger charge is 2.41. The van der Waals surface area contributed by atoms with Gasteiger partial charge in [-0.3, -0.25) is 10.00 Å². The topological polar surface area (TPSA) is 108 Å². The number of hydrogen-bond donors (Lipinski definition) is 1. The largest absolute Gasteiger partial charge is 0.282 e. The van der Waals surface area contributed by atoms with Crippen molar-refractivity contribution in [1.29, 1.82) is 0 Å². The van der Waals surface area contributed by atoms with E-state index in [4.69, 9.17) is 23.8 Å². The van der Waals surface area contributed by atoms with Crippen molar-refractivity contribution in [1.82, 2.24) is 24.0 Å². The highest BCUT2D eigenvalue weighted by atomic mass is 35.5. The Bertz CT molecular complexity index is 1180. The predicted molar refractivity (Wildman–Crippen MR) is 117 cm³/mol. The molecule has 0 bridgehead atoms. The lowest BCUT2D eigenvalue weighted by Crippen LogP contribution is -2.51. The minimum Gasteiger partial charge on any atom is -0.282 e. The van der Waals surface area contributed by atoms with Crippen LogP contribution in [0.2, 0.25) is 5.02 Å². The number of benzene rings is 1. The molecule has 0 spiro atoms. The van der Waals surface area contributed by atoms with Crippen LogP contribution in [0.1, 0.15) is 6.42 Å². The minimum atomic E-state index is -3.60. The number of rotatable bonds is 5. The van der Waals surface area contributed by atoms with E-state index < -0.39 is 25.1 Å². The molecule has 0 amide bonds. The van der Waals surface area contributed by atoms with Crippen LogP contribution in [0.3, 0.4) is 0 Å². The monoisotopic (exact) mass is 491 g/mol. The average molecular weight is 492 g/mol. The number of halogens is 1. The van der Waals surface area contributed by atoms with Crippen LogP contribution in [0.25, 0.3) is 11.4 Å². The van der Waals surface area contributed by atoms with Gasteiger partial charge < -0.3 is 0 Å². The first-order valence-corrected chi connectivity index (χ1v) is 13.6. The highest BCUT2D eigenvalue weighted by Crippen LogP contribution is 2.23. The Balaban J connectivity index is 1.38. The SMILES string of the molecule is O=S1(=O)CCC(S(=O)(=O)N2CCN(Cn3[nH]c(-c4ccc(Cl)cc4)nc3=S)CC2)C1. The van der Waals surface area contributed by atoms with Gasteiger partial charge in [-0.15, -0.1) is 0 Å². The Hall–Kier alpha value is -1.31. The Morgan fingerprint density at radius 2 is 1.83 bits per heavy atom. The van der Waals surface area contributed by atoms with E-state index in [1.165, 1.54) is 4.31 Å². The number of hydrogen-bond acceptors (Lipinski definition) is 7. The van der Waals surface area contributed by atoms with Gasteiger partial charge in [0.05, 0.1) is 23.4 Å². The molecule has 2 saturated heterocycles. The van der Waals surface area contributed by atoms with Gasteiger partial charge in [0.2, 0.25) is 14.8 Å². The number of aromatic nitrogens is 3. The number of nitrogens with one attached hydrogen (secondary N) is 1. The summed E-state index contributed by atoms with van der Waals surface area (Å²) in [6, 6.07) is 7.27. The first-order valence-electron chi connectivity index (χ1n) is 9.49. The van der Waals surface area contributed by atoms with Crippen molar-refractivity contribution in [3.8, 4) is 11.4 Å². The van der Waals surface area contributed by atoms with Crippen LogP contribution in [-0.2, 0) is 26.5 Å². The van der Waals surface area contributed by atoms with E-state index >= 15 is 0 Å². The van der Waals surface area contributed by atoms with Gasteiger partial charge in [0.1, 0.15) is 0 Å². The summed E-state index contributed by atoms with van der Waals surface area (Å²) in [5.74, 6) is 0.317. The first kappa shape index (κ1) is 21.9. The molecular weight excluding hydrogens is 470 g/mol. The molecule has 2 fully saturated rings. The molecule has 164 valence electrons. The maximum atomic E-state index is 12.8. The van der Waals surface area contributed by atoms with E-state index in [0.29, 0.717) is 48.5 Å². The van der Waals surface area contributed by atoms with E-state index in [9.17, 15) is 16.8 Å². The molecular formula is C17H22ClN5O4S3. The Labute approximate surface area is 185 Å². The summed E-state index contributed by atoms with van der Waals surface area (Å²) in [6.45, 7) is 2.16. The third-order valence-electron chi connectivity index (χ3n) is 5.44. The first-order chi connectivity index (χ1) is 14.1. The molecule has 9 nitrogen and oxygen atoms in total. The van der Waals surface area contributed by atoms with E-state index in [2.05, 4.69) is 15.0 Å². The molecule has 4 rings (SSSR count). The average Bonchev–Trinajstić information content (AvgIpc) is 3.25. The molecule has 1 atom stereocenters. The summed E-state index contributed by atoms with van der Waals surface area (Å²) in [7, 11) is -6.85. The number of nitrogens with zero attached hydrogens (tertiary/aromatic N) is 4.